The molecule has 4 aromatic rings. The second kappa shape index (κ2) is 12.4. The molecule has 0 fully saturated rings. The number of carbonyl (C=O) groups excluding carboxylic acids is 2. The Morgan fingerprint density at radius 2 is 1.69 bits per heavy atom. The van der Waals surface area contributed by atoms with Gasteiger partial charge in [-0.3, -0.25) is 4.79 Å². The fraction of sp³-hybridized carbons (Fsp3) is 0.214. The van der Waals surface area contributed by atoms with E-state index in [4.69, 9.17) is 10.5 Å². The highest BCUT2D eigenvalue weighted by molar-refractivity contribution is 6.03. The highest BCUT2D eigenvalue weighted by Gasteiger charge is 2.18. The predicted molar refractivity (Wildman–Crippen MR) is 143 cm³/mol. The lowest BCUT2D eigenvalue weighted by Crippen LogP contribution is -2.41. The molecule has 0 spiro atoms. The molecule has 36 heavy (non-hydrogen) atoms. The Kier molecular flexibility index (Phi) is 8.56. The summed E-state index contributed by atoms with van der Waals surface area (Å²) in [5, 5.41) is 6.72. The molecule has 186 valence electrons. The topological polar surface area (TPSA) is 112 Å². The number of hydrogen-bond acceptors (Lipinski definition) is 4. The Labute approximate surface area is 210 Å². The average molecular weight is 486 g/mol. The van der Waals surface area contributed by atoms with Crippen LogP contribution in [0.15, 0.2) is 85.1 Å². The van der Waals surface area contributed by atoms with Crippen LogP contribution in [0.3, 0.4) is 0 Å². The molecule has 1 aromatic heterocycles. The van der Waals surface area contributed by atoms with Crippen LogP contribution < -0.4 is 21.1 Å². The number of nitrogens with two attached hydrogens (primary N) is 1. The van der Waals surface area contributed by atoms with Gasteiger partial charge in [0.05, 0.1) is 5.69 Å². The van der Waals surface area contributed by atoms with Gasteiger partial charge < -0.3 is 31.0 Å². The van der Waals surface area contributed by atoms with Crippen LogP contribution in [0.5, 0.6) is 5.75 Å². The van der Waals surface area contributed by atoms with Crippen LogP contribution in [-0.4, -0.2) is 41.5 Å². The van der Waals surface area contributed by atoms with Crippen LogP contribution in [0.25, 0.3) is 10.9 Å². The lowest BCUT2D eigenvalue weighted by molar-refractivity contribution is -0.116. The third-order valence-electron chi connectivity index (χ3n) is 5.73. The zero-order valence-electron chi connectivity index (χ0n) is 20.1. The average Bonchev–Trinajstić information content (AvgIpc) is 3.38. The molecule has 0 saturated heterocycles. The first-order valence-corrected chi connectivity index (χ1v) is 12.0. The number of nitrogens with one attached hydrogen (secondary N) is 3. The molecule has 8 heteroatoms. The van der Waals surface area contributed by atoms with E-state index in [1.807, 2.05) is 72.9 Å². The van der Waals surface area contributed by atoms with E-state index < -0.39 is 0 Å². The van der Waals surface area contributed by atoms with Crippen LogP contribution in [-0.2, 0) is 11.4 Å². The maximum atomic E-state index is 13.0. The van der Waals surface area contributed by atoms with Gasteiger partial charge in [0.1, 0.15) is 18.9 Å². The number of rotatable bonds is 11. The molecule has 0 saturated carbocycles. The van der Waals surface area contributed by atoms with Gasteiger partial charge in [-0.1, -0.05) is 36.4 Å². The largest absolute Gasteiger partial charge is 0.489 e. The molecular weight excluding hydrogens is 454 g/mol. The van der Waals surface area contributed by atoms with Crippen LogP contribution in [0.2, 0.25) is 0 Å². The smallest absolute Gasteiger partial charge is 0.322 e. The third kappa shape index (κ3) is 6.86. The number of urea groups is 1. The van der Waals surface area contributed by atoms with Gasteiger partial charge >= 0.3 is 6.03 Å². The summed E-state index contributed by atoms with van der Waals surface area (Å²) in [5.74, 6) is 0.436. The Balaban J connectivity index is 1.35. The second-order valence-corrected chi connectivity index (χ2v) is 8.44. The van der Waals surface area contributed by atoms with Gasteiger partial charge in [-0.25, -0.2) is 4.79 Å². The second-order valence-electron chi connectivity index (χ2n) is 8.44. The van der Waals surface area contributed by atoms with Crippen molar-refractivity contribution < 1.29 is 14.3 Å². The quantitative estimate of drug-likeness (QED) is 0.225. The molecule has 0 unspecified atom stereocenters. The van der Waals surface area contributed by atoms with Gasteiger partial charge in [-0.2, -0.15) is 0 Å². The molecule has 0 bridgehead atoms. The molecule has 8 nitrogen and oxygen atoms in total. The number of aromatic nitrogens is 1. The third-order valence-corrected chi connectivity index (χ3v) is 5.73. The van der Waals surface area contributed by atoms with E-state index in [1.165, 1.54) is 4.90 Å². The normalized spacial score (nSPS) is 10.7. The summed E-state index contributed by atoms with van der Waals surface area (Å²) >= 11 is 0. The molecular formula is C28H31N5O3. The summed E-state index contributed by atoms with van der Waals surface area (Å²) in [6.07, 6.45) is 3.29. The van der Waals surface area contributed by atoms with Crippen molar-refractivity contribution in [2.75, 3.05) is 30.3 Å². The Bertz CT molecular complexity index is 1270. The van der Waals surface area contributed by atoms with Crippen molar-refractivity contribution in [3.63, 3.8) is 0 Å². The molecule has 0 atom stereocenters. The maximum Gasteiger partial charge on any atom is 0.322 e. The highest BCUT2D eigenvalue weighted by Crippen LogP contribution is 2.22. The number of unbranched alkanes of at least 4 members (excludes halogenated alkanes) is 1. The fourth-order valence-electron chi connectivity index (χ4n) is 3.83. The van der Waals surface area contributed by atoms with Crippen molar-refractivity contribution in [2.45, 2.75) is 19.4 Å². The molecule has 0 aliphatic carbocycles. The molecule has 3 aromatic carbocycles. The highest BCUT2D eigenvalue weighted by atomic mass is 16.5. The molecule has 4 rings (SSSR count). The maximum absolute atomic E-state index is 13.0. The predicted octanol–water partition coefficient (Wildman–Crippen LogP) is 4.96. The van der Waals surface area contributed by atoms with Gasteiger partial charge in [0.15, 0.2) is 0 Å². The van der Waals surface area contributed by atoms with Gasteiger partial charge in [-0.05, 0) is 67.4 Å². The van der Waals surface area contributed by atoms with Crippen molar-refractivity contribution in [2.24, 2.45) is 5.73 Å². The van der Waals surface area contributed by atoms with E-state index in [1.54, 1.807) is 12.1 Å². The van der Waals surface area contributed by atoms with Gasteiger partial charge in [0.2, 0.25) is 5.91 Å². The summed E-state index contributed by atoms with van der Waals surface area (Å²) in [7, 11) is 0. The van der Waals surface area contributed by atoms with Gasteiger partial charge in [0, 0.05) is 29.3 Å². The fourth-order valence-corrected chi connectivity index (χ4v) is 3.83. The Morgan fingerprint density at radius 1 is 0.889 bits per heavy atom. The Hall–Kier alpha value is -4.30. The summed E-state index contributed by atoms with van der Waals surface area (Å²) in [4.78, 5) is 30.5. The van der Waals surface area contributed by atoms with Gasteiger partial charge in [-0.15, -0.1) is 0 Å². The molecule has 0 radical (unpaired) electrons. The van der Waals surface area contributed by atoms with Gasteiger partial charge in [0.25, 0.3) is 0 Å². The van der Waals surface area contributed by atoms with Crippen molar-refractivity contribution in [1.29, 1.82) is 0 Å². The number of ether oxygens (including phenoxy) is 1. The number of H-pyrrole nitrogens is 1. The lowest BCUT2D eigenvalue weighted by Gasteiger charge is -2.23. The van der Waals surface area contributed by atoms with Crippen LogP contribution in [0.4, 0.5) is 16.2 Å². The number of fused-ring (bicyclic) bond motifs is 1. The molecule has 3 amide bonds. The first kappa shape index (κ1) is 24.8. The molecule has 0 aliphatic heterocycles. The number of carbonyl (C=O) groups is 2. The molecule has 5 N–H and O–H groups in total. The lowest BCUT2D eigenvalue weighted by atomic mass is 10.2. The minimum atomic E-state index is -0.347. The van der Waals surface area contributed by atoms with Crippen molar-refractivity contribution in [3.8, 4) is 5.75 Å². The van der Waals surface area contributed by atoms with E-state index in [0.29, 0.717) is 43.2 Å². The summed E-state index contributed by atoms with van der Waals surface area (Å²) < 4.78 is 5.81. The number of nitrogens with zero attached hydrogens (tertiary/aromatic N) is 1. The monoisotopic (exact) mass is 485 g/mol. The standard InChI is InChI=1S/C28H31N5O3/c29-16-4-5-18-33(19-27(34)32-26-10-6-9-25-24(26)15-17-30-25)28(35)31-22-11-13-23(14-12-22)36-20-21-7-2-1-3-8-21/h1-3,6-15,17,30H,4-5,16,18-20,29H2,(H,31,35)(H,32,34). The molecule has 1 heterocycles. The number of benzene rings is 3. The minimum absolute atomic E-state index is 0.0739. The van der Waals surface area contributed by atoms with E-state index in [2.05, 4.69) is 15.6 Å². The zero-order valence-corrected chi connectivity index (χ0v) is 20.1. The SMILES string of the molecule is NCCCCN(CC(=O)Nc1cccc2[nH]ccc12)C(=O)Nc1ccc(OCc2ccccc2)cc1. The number of anilines is 2. The van der Waals surface area contributed by atoms with E-state index in [-0.39, 0.29) is 18.5 Å². The van der Waals surface area contributed by atoms with Crippen molar-refractivity contribution in [3.05, 3.63) is 90.6 Å². The number of amides is 3. The van der Waals surface area contributed by atoms with E-state index in [9.17, 15) is 9.59 Å². The van der Waals surface area contributed by atoms with E-state index >= 15 is 0 Å². The van der Waals surface area contributed by atoms with Crippen molar-refractivity contribution >= 4 is 34.2 Å². The first-order valence-electron chi connectivity index (χ1n) is 12.0. The van der Waals surface area contributed by atoms with E-state index in [0.717, 1.165) is 22.9 Å². The molecule has 0 aliphatic rings. The number of hydrogen-bond donors (Lipinski definition) is 4. The van der Waals surface area contributed by atoms with Crippen LogP contribution in [0, 0.1) is 0 Å². The van der Waals surface area contributed by atoms with Crippen LogP contribution in [0.1, 0.15) is 18.4 Å². The number of aromatic amines is 1. The zero-order chi connectivity index (χ0) is 25.2. The summed E-state index contributed by atoms with van der Waals surface area (Å²) in [5.41, 5.74) is 8.95. The minimum Gasteiger partial charge on any atom is -0.489 e. The summed E-state index contributed by atoms with van der Waals surface area (Å²) in [6, 6.07) is 24.3. The first-order chi connectivity index (χ1) is 17.6. The summed E-state index contributed by atoms with van der Waals surface area (Å²) in [6.45, 7) is 1.34. The van der Waals surface area contributed by atoms with Crippen LogP contribution >= 0.6 is 0 Å². The van der Waals surface area contributed by atoms with Crippen molar-refractivity contribution in [1.82, 2.24) is 9.88 Å². The Morgan fingerprint density at radius 3 is 2.47 bits per heavy atom.